The zero-order valence-electron chi connectivity index (χ0n) is 10.4. The van der Waals surface area contributed by atoms with Gasteiger partial charge in [0.25, 0.3) is 0 Å². The van der Waals surface area contributed by atoms with E-state index in [1.54, 1.807) is 18.3 Å². The molecule has 0 spiro atoms. The molecule has 0 radical (unpaired) electrons. The number of nitrogens with two attached hydrogens (primary N) is 1. The number of anilines is 1. The van der Waals surface area contributed by atoms with Gasteiger partial charge >= 0.3 is 0 Å². The Morgan fingerprint density at radius 3 is 2.85 bits per heavy atom. The third-order valence-electron chi connectivity index (χ3n) is 2.83. The largest absolute Gasteiger partial charge is 0.438 e. The summed E-state index contributed by atoms with van der Waals surface area (Å²) in [6.07, 6.45) is 1.72. The molecule has 20 heavy (non-hydrogen) atoms. The van der Waals surface area contributed by atoms with Crippen molar-refractivity contribution in [2.75, 3.05) is 5.73 Å². The third-order valence-corrected chi connectivity index (χ3v) is 2.83. The Hall–Kier alpha value is -3.13. The monoisotopic (exact) mass is 262 g/mol. The number of rotatable bonds is 2. The van der Waals surface area contributed by atoms with Crippen LogP contribution in [-0.4, -0.2) is 9.97 Å². The first kappa shape index (κ1) is 11.9. The molecule has 0 aliphatic heterocycles. The van der Waals surface area contributed by atoms with E-state index in [2.05, 4.69) is 9.97 Å². The van der Waals surface area contributed by atoms with Gasteiger partial charge in [-0.1, -0.05) is 6.07 Å². The second-order valence-corrected chi connectivity index (χ2v) is 4.13. The molecule has 1 aromatic carbocycles. The van der Waals surface area contributed by atoms with Crippen molar-refractivity contribution in [3.05, 3.63) is 54.4 Å². The predicted molar refractivity (Wildman–Crippen MR) is 75.2 cm³/mol. The van der Waals surface area contributed by atoms with Gasteiger partial charge in [-0.2, -0.15) is 5.26 Å². The average molecular weight is 262 g/mol. The zero-order valence-corrected chi connectivity index (χ0v) is 10.4. The first-order chi connectivity index (χ1) is 9.78. The van der Waals surface area contributed by atoms with Gasteiger partial charge in [0.2, 0.25) is 5.88 Å². The van der Waals surface area contributed by atoms with Crippen LogP contribution in [0.2, 0.25) is 0 Å². The van der Waals surface area contributed by atoms with E-state index in [0.717, 1.165) is 10.9 Å². The molecule has 5 nitrogen and oxygen atoms in total. The molecule has 0 unspecified atom stereocenters. The molecule has 3 aromatic rings. The number of hydrogen-bond acceptors (Lipinski definition) is 5. The molecular weight excluding hydrogens is 252 g/mol. The van der Waals surface area contributed by atoms with Gasteiger partial charge < -0.3 is 10.5 Å². The lowest BCUT2D eigenvalue weighted by atomic mass is 10.2. The van der Waals surface area contributed by atoms with Gasteiger partial charge in [0.1, 0.15) is 11.8 Å². The normalized spacial score (nSPS) is 10.2. The number of benzene rings is 1. The maximum Gasteiger partial charge on any atom is 0.220 e. The second-order valence-electron chi connectivity index (χ2n) is 4.13. The zero-order chi connectivity index (χ0) is 13.9. The van der Waals surface area contributed by atoms with Crippen molar-refractivity contribution < 1.29 is 4.74 Å². The number of nitriles is 1. The number of fused-ring (bicyclic) bond motifs is 1. The van der Waals surface area contributed by atoms with E-state index in [1.807, 2.05) is 36.4 Å². The van der Waals surface area contributed by atoms with Crippen molar-refractivity contribution in [1.29, 1.82) is 5.26 Å². The Balaban J connectivity index is 2.04. The van der Waals surface area contributed by atoms with Gasteiger partial charge in [-0.15, -0.1) is 0 Å². The average Bonchev–Trinajstić information content (AvgIpc) is 2.49. The Labute approximate surface area is 115 Å². The van der Waals surface area contributed by atoms with E-state index in [0.29, 0.717) is 17.3 Å². The smallest absolute Gasteiger partial charge is 0.220 e. The molecule has 96 valence electrons. The standard InChI is InChI=1S/C15H10N4O/c16-9-13-11(17)6-7-15(19-13)20-14-5-1-4-12-10(14)3-2-8-18-12/h1-8H,17H2. The Bertz CT molecular complexity index is 818. The van der Waals surface area contributed by atoms with Crippen LogP contribution in [0.4, 0.5) is 5.69 Å². The van der Waals surface area contributed by atoms with Gasteiger partial charge in [0.05, 0.1) is 11.2 Å². The molecule has 0 atom stereocenters. The molecule has 0 bridgehead atoms. The second kappa shape index (κ2) is 4.86. The van der Waals surface area contributed by atoms with E-state index >= 15 is 0 Å². The summed E-state index contributed by atoms with van der Waals surface area (Å²) in [6.45, 7) is 0. The predicted octanol–water partition coefficient (Wildman–Crippen LogP) is 2.88. The minimum atomic E-state index is 0.154. The summed E-state index contributed by atoms with van der Waals surface area (Å²) in [5.41, 5.74) is 6.95. The van der Waals surface area contributed by atoms with Gasteiger partial charge in [-0.25, -0.2) is 4.98 Å². The van der Waals surface area contributed by atoms with Crippen molar-refractivity contribution in [3.8, 4) is 17.7 Å². The molecule has 3 rings (SSSR count). The first-order valence-electron chi connectivity index (χ1n) is 5.96. The summed E-state index contributed by atoms with van der Waals surface area (Å²) in [4.78, 5) is 8.32. The van der Waals surface area contributed by atoms with Crippen LogP contribution in [0.5, 0.6) is 11.6 Å². The first-order valence-corrected chi connectivity index (χ1v) is 5.96. The fraction of sp³-hybridized carbons (Fsp3) is 0. The van der Waals surface area contributed by atoms with Crippen molar-refractivity contribution in [2.45, 2.75) is 0 Å². The van der Waals surface area contributed by atoms with Crippen molar-refractivity contribution in [2.24, 2.45) is 0 Å². The number of pyridine rings is 2. The fourth-order valence-electron chi connectivity index (χ4n) is 1.88. The summed E-state index contributed by atoms with van der Waals surface area (Å²) < 4.78 is 5.73. The Morgan fingerprint density at radius 2 is 2.00 bits per heavy atom. The van der Waals surface area contributed by atoms with Crippen LogP contribution in [-0.2, 0) is 0 Å². The molecule has 0 aliphatic carbocycles. The van der Waals surface area contributed by atoms with Crippen LogP contribution >= 0.6 is 0 Å². The highest BCUT2D eigenvalue weighted by Crippen LogP contribution is 2.28. The Morgan fingerprint density at radius 1 is 1.10 bits per heavy atom. The maximum absolute atomic E-state index is 8.92. The van der Waals surface area contributed by atoms with E-state index in [4.69, 9.17) is 15.7 Å². The van der Waals surface area contributed by atoms with Crippen LogP contribution in [0, 0.1) is 11.3 Å². The number of hydrogen-bond donors (Lipinski definition) is 1. The summed E-state index contributed by atoms with van der Waals surface area (Å²) in [7, 11) is 0. The molecule has 0 saturated carbocycles. The fourth-order valence-corrected chi connectivity index (χ4v) is 1.88. The number of ether oxygens (including phenoxy) is 1. The number of aromatic nitrogens is 2. The molecule has 2 aromatic heterocycles. The third kappa shape index (κ3) is 2.10. The molecule has 0 amide bonds. The molecule has 0 aliphatic rings. The molecule has 0 fully saturated rings. The lowest BCUT2D eigenvalue weighted by Gasteiger charge is -2.08. The highest BCUT2D eigenvalue weighted by atomic mass is 16.5. The lowest BCUT2D eigenvalue weighted by molar-refractivity contribution is 0.468. The van der Waals surface area contributed by atoms with Crippen molar-refractivity contribution >= 4 is 16.6 Å². The summed E-state index contributed by atoms with van der Waals surface area (Å²) in [5, 5.41) is 9.80. The van der Waals surface area contributed by atoms with Crippen LogP contribution in [0.3, 0.4) is 0 Å². The van der Waals surface area contributed by atoms with Gasteiger partial charge in [0, 0.05) is 17.6 Å². The number of nitrogen functional groups attached to an aromatic ring is 1. The minimum Gasteiger partial charge on any atom is -0.438 e. The van der Waals surface area contributed by atoms with Crippen molar-refractivity contribution in [1.82, 2.24) is 9.97 Å². The van der Waals surface area contributed by atoms with Crippen molar-refractivity contribution in [3.63, 3.8) is 0 Å². The minimum absolute atomic E-state index is 0.154. The Kier molecular flexibility index (Phi) is 2.90. The molecule has 2 heterocycles. The molecule has 5 heteroatoms. The van der Waals surface area contributed by atoms with Crippen LogP contribution in [0.15, 0.2) is 48.7 Å². The summed E-state index contributed by atoms with van der Waals surface area (Å²) >= 11 is 0. The van der Waals surface area contributed by atoms with E-state index in [-0.39, 0.29) is 5.69 Å². The van der Waals surface area contributed by atoms with Crippen LogP contribution in [0.25, 0.3) is 10.9 Å². The quantitative estimate of drug-likeness (QED) is 0.767. The van der Waals surface area contributed by atoms with E-state index in [9.17, 15) is 0 Å². The SMILES string of the molecule is N#Cc1nc(Oc2cccc3ncccc23)ccc1N. The molecular formula is C15H10N4O. The van der Waals surface area contributed by atoms with E-state index < -0.39 is 0 Å². The van der Waals surface area contributed by atoms with Gasteiger partial charge in [-0.05, 0) is 30.3 Å². The van der Waals surface area contributed by atoms with Crippen LogP contribution in [0.1, 0.15) is 5.69 Å². The summed E-state index contributed by atoms with van der Waals surface area (Å²) in [5.74, 6) is 0.962. The summed E-state index contributed by atoms with van der Waals surface area (Å²) in [6, 6.07) is 14.5. The highest BCUT2D eigenvalue weighted by Gasteiger charge is 2.07. The maximum atomic E-state index is 8.92. The topological polar surface area (TPSA) is 84.8 Å². The van der Waals surface area contributed by atoms with Gasteiger partial charge in [0.15, 0.2) is 5.69 Å². The van der Waals surface area contributed by atoms with Crippen LogP contribution < -0.4 is 10.5 Å². The van der Waals surface area contributed by atoms with E-state index in [1.165, 1.54) is 0 Å². The molecule has 0 saturated heterocycles. The lowest BCUT2D eigenvalue weighted by Crippen LogP contribution is -1.96. The number of nitrogens with zero attached hydrogens (tertiary/aromatic N) is 3. The van der Waals surface area contributed by atoms with Gasteiger partial charge in [-0.3, -0.25) is 4.98 Å². The highest BCUT2D eigenvalue weighted by molar-refractivity contribution is 5.85. The molecule has 2 N–H and O–H groups in total.